The van der Waals surface area contributed by atoms with E-state index in [1.807, 2.05) is 19.1 Å². The van der Waals surface area contributed by atoms with Crippen LogP contribution in [0.4, 0.5) is 11.4 Å². The van der Waals surface area contributed by atoms with E-state index < -0.39 is 5.54 Å². The molecule has 2 amide bonds. The Morgan fingerprint density at radius 3 is 2.81 bits per heavy atom. The molecule has 1 aromatic carbocycles. The molecule has 3 N–H and O–H groups in total. The van der Waals surface area contributed by atoms with Crippen LogP contribution in [-0.4, -0.2) is 37.1 Å². The Labute approximate surface area is 123 Å². The predicted octanol–water partition coefficient (Wildman–Crippen LogP) is 0.788. The van der Waals surface area contributed by atoms with Gasteiger partial charge in [-0.3, -0.25) is 9.59 Å². The number of ether oxygens (including phenoxy) is 1. The maximum Gasteiger partial charge on any atom is 0.253 e. The molecule has 21 heavy (non-hydrogen) atoms. The molecule has 0 radical (unpaired) electrons. The molecule has 1 aliphatic carbocycles. The maximum absolute atomic E-state index is 11.9. The van der Waals surface area contributed by atoms with Gasteiger partial charge in [0, 0.05) is 17.9 Å². The van der Waals surface area contributed by atoms with Crippen molar-refractivity contribution in [2.75, 3.05) is 30.0 Å². The lowest BCUT2D eigenvalue weighted by Crippen LogP contribution is -2.42. The first-order valence-corrected chi connectivity index (χ1v) is 7.09. The molecular formula is C15H19N3O3. The lowest BCUT2D eigenvalue weighted by Gasteiger charge is -2.28. The number of nitrogens with zero attached hydrogens (tertiary/aromatic N) is 1. The molecule has 1 aliphatic heterocycles. The SMILES string of the molecule is Cc1cc(NC(=O)C2(N)CC2)ccc1N1CCOCC1=O. The Balaban J connectivity index is 1.76. The third kappa shape index (κ3) is 2.77. The standard InChI is InChI=1S/C15H19N3O3/c1-10-8-11(17-14(20)15(16)4-5-15)2-3-12(10)18-6-7-21-9-13(18)19/h2-3,8H,4-7,9,16H2,1H3,(H,17,20). The summed E-state index contributed by atoms with van der Waals surface area (Å²) in [7, 11) is 0. The van der Waals surface area contributed by atoms with Crippen LogP contribution < -0.4 is 16.0 Å². The van der Waals surface area contributed by atoms with E-state index in [4.69, 9.17) is 10.5 Å². The number of carbonyl (C=O) groups excluding carboxylic acids is 2. The maximum atomic E-state index is 11.9. The van der Waals surface area contributed by atoms with E-state index in [1.54, 1.807) is 11.0 Å². The fourth-order valence-electron chi connectivity index (χ4n) is 2.43. The first-order valence-electron chi connectivity index (χ1n) is 7.09. The van der Waals surface area contributed by atoms with Gasteiger partial charge in [0.05, 0.1) is 12.1 Å². The second-order valence-electron chi connectivity index (χ2n) is 5.71. The zero-order valence-electron chi connectivity index (χ0n) is 12.0. The van der Waals surface area contributed by atoms with Crippen LogP contribution in [0.25, 0.3) is 0 Å². The van der Waals surface area contributed by atoms with Crippen LogP contribution >= 0.6 is 0 Å². The summed E-state index contributed by atoms with van der Waals surface area (Å²) in [5.41, 5.74) is 7.67. The number of aryl methyl sites for hydroxylation is 1. The summed E-state index contributed by atoms with van der Waals surface area (Å²) in [6.07, 6.45) is 1.47. The molecule has 6 heteroatoms. The van der Waals surface area contributed by atoms with E-state index in [1.165, 1.54) is 0 Å². The number of hydrogen-bond acceptors (Lipinski definition) is 4. The van der Waals surface area contributed by atoms with Crippen LogP contribution in [0.5, 0.6) is 0 Å². The Morgan fingerprint density at radius 1 is 1.43 bits per heavy atom. The van der Waals surface area contributed by atoms with Gasteiger partial charge in [0.25, 0.3) is 5.91 Å². The molecule has 0 aromatic heterocycles. The van der Waals surface area contributed by atoms with Crippen molar-refractivity contribution < 1.29 is 14.3 Å². The van der Waals surface area contributed by atoms with Gasteiger partial charge in [-0.1, -0.05) is 0 Å². The molecule has 1 heterocycles. The van der Waals surface area contributed by atoms with Crippen molar-refractivity contribution in [3.8, 4) is 0 Å². The molecule has 0 atom stereocenters. The summed E-state index contributed by atoms with van der Waals surface area (Å²) in [6, 6.07) is 5.51. The molecule has 112 valence electrons. The van der Waals surface area contributed by atoms with Crippen LogP contribution in [0.3, 0.4) is 0 Å². The highest BCUT2D eigenvalue weighted by atomic mass is 16.5. The summed E-state index contributed by atoms with van der Waals surface area (Å²) in [5.74, 6) is -0.183. The van der Waals surface area contributed by atoms with Crippen LogP contribution in [-0.2, 0) is 14.3 Å². The number of benzene rings is 1. The highest BCUT2D eigenvalue weighted by molar-refractivity contribution is 6.01. The fourth-order valence-corrected chi connectivity index (χ4v) is 2.43. The van der Waals surface area contributed by atoms with E-state index in [0.717, 1.165) is 24.1 Å². The van der Waals surface area contributed by atoms with E-state index >= 15 is 0 Å². The van der Waals surface area contributed by atoms with Gasteiger partial charge < -0.3 is 20.7 Å². The van der Waals surface area contributed by atoms with Gasteiger partial charge in [0.2, 0.25) is 5.91 Å². The minimum atomic E-state index is -0.688. The molecule has 3 rings (SSSR count). The second kappa shape index (κ2) is 5.13. The van der Waals surface area contributed by atoms with Gasteiger partial charge in [-0.15, -0.1) is 0 Å². The number of morpholine rings is 1. The average Bonchev–Trinajstić information content (AvgIpc) is 3.20. The number of carbonyl (C=O) groups is 2. The van der Waals surface area contributed by atoms with Crippen molar-refractivity contribution in [1.29, 1.82) is 0 Å². The summed E-state index contributed by atoms with van der Waals surface area (Å²) < 4.78 is 5.13. The van der Waals surface area contributed by atoms with Gasteiger partial charge in [0.15, 0.2) is 0 Å². The molecule has 1 aromatic rings. The number of anilines is 2. The van der Waals surface area contributed by atoms with Crippen LogP contribution in [0.15, 0.2) is 18.2 Å². The van der Waals surface area contributed by atoms with Crippen molar-refractivity contribution in [2.24, 2.45) is 5.73 Å². The van der Waals surface area contributed by atoms with Crippen molar-refractivity contribution in [1.82, 2.24) is 0 Å². The van der Waals surface area contributed by atoms with Crippen molar-refractivity contribution >= 4 is 23.2 Å². The summed E-state index contributed by atoms with van der Waals surface area (Å²) in [4.78, 5) is 25.5. The highest BCUT2D eigenvalue weighted by Gasteiger charge is 2.45. The van der Waals surface area contributed by atoms with Gasteiger partial charge in [-0.25, -0.2) is 0 Å². The summed E-state index contributed by atoms with van der Waals surface area (Å²) in [5, 5.41) is 2.83. The first-order chi connectivity index (χ1) is 9.99. The van der Waals surface area contributed by atoms with Gasteiger partial charge in [-0.05, 0) is 43.5 Å². The average molecular weight is 289 g/mol. The van der Waals surface area contributed by atoms with Crippen LogP contribution in [0.2, 0.25) is 0 Å². The van der Waals surface area contributed by atoms with Gasteiger partial charge in [0.1, 0.15) is 6.61 Å². The molecule has 2 fully saturated rings. The van der Waals surface area contributed by atoms with E-state index in [-0.39, 0.29) is 18.4 Å². The van der Waals surface area contributed by atoms with Crippen molar-refractivity contribution in [3.63, 3.8) is 0 Å². The molecule has 0 spiro atoms. The lowest BCUT2D eigenvalue weighted by molar-refractivity contribution is -0.125. The number of nitrogens with two attached hydrogens (primary N) is 1. The lowest BCUT2D eigenvalue weighted by atomic mass is 10.1. The molecule has 0 unspecified atom stereocenters. The minimum Gasteiger partial charge on any atom is -0.370 e. The third-order valence-electron chi connectivity index (χ3n) is 3.97. The molecular weight excluding hydrogens is 270 g/mol. The van der Waals surface area contributed by atoms with Crippen LogP contribution in [0.1, 0.15) is 18.4 Å². The number of nitrogens with one attached hydrogen (secondary N) is 1. The topological polar surface area (TPSA) is 84.7 Å². The Kier molecular flexibility index (Phi) is 3.43. The van der Waals surface area contributed by atoms with E-state index in [9.17, 15) is 9.59 Å². The number of amides is 2. The molecule has 1 saturated heterocycles. The molecule has 0 bridgehead atoms. The van der Waals surface area contributed by atoms with Gasteiger partial charge in [-0.2, -0.15) is 0 Å². The van der Waals surface area contributed by atoms with Crippen LogP contribution in [0, 0.1) is 6.92 Å². The minimum absolute atomic E-state index is 0.0416. The normalized spacial score (nSPS) is 20.3. The van der Waals surface area contributed by atoms with E-state index in [2.05, 4.69) is 5.32 Å². The predicted molar refractivity (Wildman–Crippen MR) is 79.1 cm³/mol. The van der Waals surface area contributed by atoms with Crippen molar-refractivity contribution in [2.45, 2.75) is 25.3 Å². The quantitative estimate of drug-likeness (QED) is 0.861. The van der Waals surface area contributed by atoms with Crippen molar-refractivity contribution in [3.05, 3.63) is 23.8 Å². The number of rotatable bonds is 3. The Hall–Kier alpha value is -1.92. The van der Waals surface area contributed by atoms with E-state index in [0.29, 0.717) is 18.8 Å². The second-order valence-corrected chi connectivity index (χ2v) is 5.71. The largest absolute Gasteiger partial charge is 0.370 e. The summed E-state index contributed by atoms with van der Waals surface area (Å²) in [6.45, 7) is 3.13. The third-order valence-corrected chi connectivity index (χ3v) is 3.97. The molecule has 6 nitrogen and oxygen atoms in total. The fraction of sp³-hybridized carbons (Fsp3) is 0.467. The Morgan fingerprint density at radius 2 is 2.19 bits per heavy atom. The molecule has 2 aliphatic rings. The zero-order chi connectivity index (χ0) is 15.0. The number of hydrogen-bond donors (Lipinski definition) is 2. The summed E-state index contributed by atoms with van der Waals surface area (Å²) >= 11 is 0. The monoisotopic (exact) mass is 289 g/mol. The van der Waals surface area contributed by atoms with Gasteiger partial charge >= 0.3 is 0 Å². The first kappa shape index (κ1) is 14.0. The molecule has 1 saturated carbocycles. The smallest absolute Gasteiger partial charge is 0.253 e. The zero-order valence-corrected chi connectivity index (χ0v) is 12.0. The highest BCUT2D eigenvalue weighted by Crippen LogP contribution is 2.34. The Bertz CT molecular complexity index is 596.